The number of halogens is 1. The maximum atomic E-state index is 12.9. The van der Waals surface area contributed by atoms with Crippen molar-refractivity contribution >= 4 is 5.57 Å². The monoisotopic (exact) mass is 192 g/mol. The van der Waals surface area contributed by atoms with Crippen LogP contribution < -0.4 is 11.1 Å². The Morgan fingerprint density at radius 3 is 3.00 bits per heavy atom. The molecule has 1 aromatic carbocycles. The summed E-state index contributed by atoms with van der Waals surface area (Å²) in [6.07, 6.45) is 1.99. The molecule has 1 aromatic rings. The largest absolute Gasteiger partial charge is 0.323 e. The summed E-state index contributed by atoms with van der Waals surface area (Å²) >= 11 is 0. The first-order valence-electron chi connectivity index (χ1n) is 4.68. The predicted octanol–water partition coefficient (Wildman–Crippen LogP) is 1.14. The number of hydrogen-bond donors (Lipinski definition) is 2. The van der Waals surface area contributed by atoms with E-state index >= 15 is 0 Å². The van der Waals surface area contributed by atoms with Crippen LogP contribution in [0.3, 0.4) is 0 Å². The van der Waals surface area contributed by atoms with Crippen LogP contribution in [0, 0.1) is 5.82 Å². The van der Waals surface area contributed by atoms with Crippen LogP contribution in [0.15, 0.2) is 30.3 Å². The zero-order valence-corrected chi connectivity index (χ0v) is 7.83. The zero-order valence-electron chi connectivity index (χ0n) is 7.83. The molecule has 0 spiro atoms. The van der Waals surface area contributed by atoms with Gasteiger partial charge in [0, 0.05) is 19.1 Å². The normalized spacial score (nSPS) is 21.9. The summed E-state index contributed by atoms with van der Waals surface area (Å²) in [6, 6.07) is 6.62. The Balaban J connectivity index is 2.30. The second-order valence-electron chi connectivity index (χ2n) is 3.50. The first-order valence-corrected chi connectivity index (χ1v) is 4.68. The van der Waals surface area contributed by atoms with Crippen LogP contribution >= 0.6 is 0 Å². The summed E-state index contributed by atoms with van der Waals surface area (Å²) in [6.45, 7) is 1.55. The van der Waals surface area contributed by atoms with Gasteiger partial charge < -0.3 is 11.1 Å². The molecule has 3 heteroatoms. The third-order valence-corrected chi connectivity index (χ3v) is 2.31. The molecule has 2 nitrogen and oxygen atoms in total. The molecular weight excluding hydrogens is 179 g/mol. The number of benzene rings is 1. The van der Waals surface area contributed by atoms with Gasteiger partial charge in [-0.3, -0.25) is 0 Å². The highest BCUT2D eigenvalue weighted by atomic mass is 19.1. The Morgan fingerprint density at radius 2 is 2.29 bits per heavy atom. The topological polar surface area (TPSA) is 38.0 Å². The van der Waals surface area contributed by atoms with Crippen LogP contribution in [0.5, 0.6) is 0 Å². The maximum Gasteiger partial charge on any atom is 0.123 e. The number of hydrogen-bond acceptors (Lipinski definition) is 2. The van der Waals surface area contributed by atoms with Crippen LogP contribution in [0.2, 0.25) is 0 Å². The second kappa shape index (κ2) is 3.90. The molecule has 0 radical (unpaired) electrons. The standard InChI is InChI=1S/C11H13FN2/c12-10-3-1-2-8(4-10)9-5-11(13)7-14-6-9/h1-5,11,14H,6-7,13H2. The van der Waals surface area contributed by atoms with E-state index in [9.17, 15) is 4.39 Å². The molecule has 1 atom stereocenters. The molecule has 0 saturated carbocycles. The van der Waals surface area contributed by atoms with Crippen molar-refractivity contribution < 1.29 is 4.39 Å². The van der Waals surface area contributed by atoms with Crippen LogP contribution in [0.4, 0.5) is 4.39 Å². The van der Waals surface area contributed by atoms with E-state index < -0.39 is 0 Å². The van der Waals surface area contributed by atoms with Crippen LogP contribution in [-0.4, -0.2) is 19.1 Å². The molecule has 14 heavy (non-hydrogen) atoms. The number of rotatable bonds is 1. The van der Waals surface area contributed by atoms with Crippen molar-refractivity contribution in [3.63, 3.8) is 0 Å². The molecule has 1 aliphatic rings. The van der Waals surface area contributed by atoms with Crippen molar-refractivity contribution in [2.75, 3.05) is 13.1 Å². The van der Waals surface area contributed by atoms with Crippen molar-refractivity contribution in [3.05, 3.63) is 41.7 Å². The minimum Gasteiger partial charge on any atom is -0.323 e. The molecule has 0 aromatic heterocycles. The van der Waals surface area contributed by atoms with Crippen LogP contribution in [-0.2, 0) is 0 Å². The van der Waals surface area contributed by atoms with Crippen LogP contribution in [0.1, 0.15) is 5.56 Å². The molecule has 0 aliphatic carbocycles. The van der Waals surface area contributed by atoms with Gasteiger partial charge in [0.25, 0.3) is 0 Å². The van der Waals surface area contributed by atoms with Gasteiger partial charge in [0.2, 0.25) is 0 Å². The van der Waals surface area contributed by atoms with E-state index in [-0.39, 0.29) is 11.9 Å². The van der Waals surface area contributed by atoms with Gasteiger partial charge >= 0.3 is 0 Å². The molecule has 3 N–H and O–H groups in total. The van der Waals surface area contributed by atoms with E-state index in [2.05, 4.69) is 5.32 Å². The molecule has 2 rings (SSSR count). The lowest BCUT2D eigenvalue weighted by atomic mass is 10.0. The van der Waals surface area contributed by atoms with E-state index in [1.165, 1.54) is 12.1 Å². The first kappa shape index (κ1) is 9.37. The zero-order chi connectivity index (χ0) is 9.97. The van der Waals surface area contributed by atoms with Gasteiger partial charge in [0.05, 0.1) is 0 Å². The van der Waals surface area contributed by atoms with Gasteiger partial charge in [-0.25, -0.2) is 4.39 Å². The molecule has 1 aliphatic heterocycles. The smallest absolute Gasteiger partial charge is 0.123 e. The lowest BCUT2D eigenvalue weighted by Crippen LogP contribution is -2.37. The van der Waals surface area contributed by atoms with Crippen molar-refractivity contribution in [3.8, 4) is 0 Å². The maximum absolute atomic E-state index is 12.9. The summed E-state index contributed by atoms with van der Waals surface area (Å²) in [5, 5.41) is 3.19. The molecule has 0 fully saturated rings. The Hall–Kier alpha value is -1.19. The minimum atomic E-state index is -0.206. The third kappa shape index (κ3) is 2.00. The highest BCUT2D eigenvalue weighted by Gasteiger charge is 2.10. The highest BCUT2D eigenvalue weighted by Crippen LogP contribution is 2.17. The molecule has 1 heterocycles. The summed E-state index contributed by atoms with van der Waals surface area (Å²) in [5.74, 6) is -0.206. The summed E-state index contributed by atoms with van der Waals surface area (Å²) in [4.78, 5) is 0. The summed E-state index contributed by atoms with van der Waals surface area (Å²) in [7, 11) is 0. The van der Waals surface area contributed by atoms with Crippen molar-refractivity contribution in [1.82, 2.24) is 5.32 Å². The lowest BCUT2D eigenvalue weighted by Gasteiger charge is -2.19. The fourth-order valence-electron chi connectivity index (χ4n) is 1.64. The van der Waals surface area contributed by atoms with Gasteiger partial charge in [-0.15, -0.1) is 0 Å². The fraction of sp³-hybridized carbons (Fsp3) is 0.273. The minimum absolute atomic E-state index is 0.0296. The molecule has 0 amide bonds. The molecule has 1 unspecified atom stereocenters. The van der Waals surface area contributed by atoms with E-state index in [4.69, 9.17) is 5.73 Å². The third-order valence-electron chi connectivity index (χ3n) is 2.31. The van der Waals surface area contributed by atoms with E-state index in [1.807, 2.05) is 12.1 Å². The molecular formula is C11H13FN2. The first-order chi connectivity index (χ1) is 6.75. The van der Waals surface area contributed by atoms with E-state index in [1.54, 1.807) is 6.07 Å². The van der Waals surface area contributed by atoms with Crippen LogP contribution in [0.25, 0.3) is 5.57 Å². The average molecular weight is 192 g/mol. The average Bonchev–Trinajstić information content (AvgIpc) is 2.18. The van der Waals surface area contributed by atoms with Crippen molar-refractivity contribution in [2.45, 2.75) is 6.04 Å². The number of nitrogens with two attached hydrogens (primary N) is 1. The van der Waals surface area contributed by atoms with Gasteiger partial charge in [0.15, 0.2) is 0 Å². The Bertz CT molecular complexity index is 360. The van der Waals surface area contributed by atoms with Gasteiger partial charge in [-0.2, -0.15) is 0 Å². The molecule has 74 valence electrons. The summed E-state index contributed by atoms with van der Waals surface area (Å²) < 4.78 is 12.9. The van der Waals surface area contributed by atoms with E-state index in [0.29, 0.717) is 0 Å². The Labute approximate surface area is 82.6 Å². The molecule has 0 bridgehead atoms. The predicted molar refractivity (Wildman–Crippen MR) is 55.2 cm³/mol. The fourth-order valence-corrected chi connectivity index (χ4v) is 1.64. The molecule has 0 saturated heterocycles. The quantitative estimate of drug-likeness (QED) is 0.700. The van der Waals surface area contributed by atoms with Crippen molar-refractivity contribution in [1.29, 1.82) is 0 Å². The number of nitrogens with one attached hydrogen (secondary N) is 1. The SMILES string of the molecule is NC1C=C(c2cccc(F)c2)CNC1. The summed E-state index contributed by atoms with van der Waals surface area (Å²) in [5.41, 5.74) is 7.75. The van der Waals surface area contributed by atoms with Gasteiger partial charge in [-0.1, -0.05) is 18.2 Å². The van der Waals surface area contributed by atoms with Gasteiger partial charge in [-0.05, 0) is 23.3 Å². The van der Waals surface area contributed by atoms with E-state index in [0.717, 1.165) is 24.2 Å². The van der Waals surface area contributed by atoms with Gasteiger partial charge in [0.1, 0.15) is 5.82 Å². The van der Waals surface area contributed by atoms with Crippen molar-refractivity contribution in [2.24, 2.45) is 5.73 Å². The Morgan fingerprint density at radius 1 is 1.43 bits per heavy atom. The lowest BCUT2D eigenvalue weighted by molar-refractivity contribution is 0.626. The highest BCUT2D eigenvalue weighted by molar-refractivity contribution is 5.68. The second-order valence-corrected chi connectivity index (χ2v) is 3.50. The Kier molecular flexibility index (Phi) is 2.61.